The number of halogens is 3. The zero-order valence-corrected chi connectivity index (χ0v) is 31.6. The van der Waals surface area contributed by atoms with Crippen molar-refractivity contribution >= 4 is 67.3 Å². The van der Waals surface area contributed by atoms with Crippen molar-refractivity contribution in [3.8, 4) is 5.75 Å². The molecular weight excluding hydrogens is 733 g/mol. The van der Waals surface area contributed by atoms with Gasteiger partial charge in [-0.05, 0) is 54.4 Å². The zero-order valence-electron chi connectivity index (χ0n) is 27.6. The minimum atomic E-state index is -3.78. The van der Waals surface area contributed by atoms with E-state index in [-0.39, 0.29) is 41.4 Å². The van der Waals surface area contributed by atoms with Gasteiger partial charge < -0.3 is 9.64 Å². The van der Waals surface area contributed by atoms with Crippen LogP contribution in [0.3, 0.4) is 0 Å². The van der Waals surface area contributed by atoms with Crippen LogP contribution in [-0.2, 0) is 19.9 Å². The van der Waals surface area contributed by atoms with Crippen molar-refractivity contribution in [3.63, 3.8) is 0 Å². The molecular formula is C33H40Cl3N5O6S2. The monoisotopic (exact) mass is 771 g/mol. The van der Waals surface area contributed by atoms with E-state index in [1.807, 2.05) is 29.2 Å². The van der Waals surface area contributed by atoms with Crippen LogP contribution in [0.2, 0.25) is 10.0 Å². The topological polar surface area (TPSA) is 120 Å². The summed E-state index contributed by atoms with van der Waals surface area (Å²) in [5.41, 5.74) is 2.08. The first-order valence-corrected chi connectivity index (χ1v) is 19.7. The summed E-state index contributed by atoms with van der Waals surface area (Å²) in [6.07, 6.45) is 1.22. The number of sulfonamides is 1. The summed E-state index contributed by atoms with van der Waals surface area (Å²) in [7, 11) is -3.99. The highest BCUT2D eigenvalue weighted by atomic mass is 35.5. The molecule has 2 amide bonds. The molecule has 1 saturated heterocycles. The van der Waals surface area contributed by atoms with Crippen molar-refractivity contribution in [2.24, 2.45) is 4.99 Å². The highest BCUT2D eigenvalue weighted by Gasteiger charge is 2.45. The number of carbonyl (C=O) groups is 1. The van der Waals surface area contributed by atoms with Crippen LogP contribution in [0.1, 0.15) is 35.7 Å². The SMILES string of the molecule is CCOc1cc(S(=O)(=O)N(C)C)ccc1C1=NC(c2ccc(Cl)cc2)C(c2ccc(Cl)cc2)N1C(=O)N1CCN(CCS(C)(=O)=O)CC1.Cl. The number of urea groups is 1. The predicted octanol–water partition coefficient (Wildman–Crippen LogP) is 5.39. The van der Waals surface area contributed by atoms with Crippen LogP contribution in [0.5, 0.6) is 5.75 Å². The van der Waals surface area contributed by atoms with E-state index < -0.39 is 31.9 Å². The molecule has 16 heteroatoms. The van der Waals surface area contributed by atoms with Gasteiger partial charge in [0.05, 0.1) is 28.9 Å². The van der Waals surface area contributed by atoms with Crippen molar-refractivity contribution in [1.29, 1.82) is 0 Å². The molecule has 2 aliphatic heterocycles. The maximum absolute atomic E-state index is 14.7. The van der Waals surface area contributed by atoms with Gasteiger partial charge in [-0.15, -0.1) is 12.4 Å². The van der Waals surface area contributed by atoms with Crippen LogP contribution in [-0.4, -0.2) is 113 Å². The first kappa shape index (κ1) is 38.9. The highest BCUT2D eigenvalue weighted by Crippen LogP contribution is 2.45. The molecule has 0 radical (unpaired) electrons. The van der Waals surface area contributed by atoms with Crippen LogP contribution in [0.25, 0.3) is 0 Å². The van der Waals surface area contributed by atoms with E-state index in [1.165, 1.54) is 32.5 Å². The first-order chi connectivity index (χ1) is 22.7. The maximum Gasteiger partial charge on any atom is 0.326 e. The van der Waals surface area contributed by atoms with Crippen molar-refractivity contribution in [2.45, 2.75) is 23.9 Å². The van der Waals surface area contributed by atoms with Crippen molar-refractivity contribution in [1.82, 2.24) is 19.0 Å². The molecule has 266 valence electrons. The summed E-state index contributed by atoms with van der Waals surface area (Å²) in [4.78, 5) is 25.4. The molecule has 0 saturated carbocycles. The molecule has 2 unspecified atom stereocenters. The van der Waals surface area contributed by atoms with Gasteiger partial charge in [-0.3, -0.25) is 14.8 Å². The van der Waals surface area contributed by atoms with Gasteiger partial charge in [0.1, 0.15) is 27.5 Å². The fourth-order valence-corrected chi connectivity index (χ4v) is 7.56. The van der Waals surface area contributed by atoms with E-state index >= 15 is 0 Å². The summed E-state index contributed by atoms with van der Waals surface area (Å²) in [5, 5.41) is 1.10. The Morgan fingerprint density at radius 1 is 0.898 bits per heavy atom. The molecule has 3 aromatic carbocycles. The molecule has 0 aliphatic carbocycles. The van der Waals surface area contributed by atoms with Gasteiger partial charge in [-0.1, -0.05) is 47.5 Å². The Hall–Kier alpha value is -2.91. The van der Waals surface area contributed by atoms with Crippen LogP contribution >= 0.6 is 35.6 Å². The van der Waals surface area contributed by atoms with Crippen molar-refractivity contribution in [2.75, 3.05) is 65.4 Å². The number of carbonyl (C=O) groups excluding carboxylic acids is 1. The second-order valence-corrected chi connectivity index (χ2v) is 17.2. The molecule has 49 heavy (non-hydrogen) atoms. The number of rotatable bonds is 10. The molecule has 3 aromatic rings. The Bertz CT molecular complexity index is 1880. The molecule has 2 aliphatic rings. The van der Waals surface area contributed by atoms with Crippen LogP contribution in [0.4, 0.5) is 4.79 Å². The number of aliphatic imine (C=N–C) groups is 1. The van der Waals surface area contributed by atoms with E-state index in [4.69, 9.17) is 32.9 Å². The molecule has 1 fully saturated rings. The van der Waals surface area contributed by atoms with E-state index in [2.05, 4.69) is 0 Å². The van der Waals surface area contributed by atoms with E-state index in [9.17, 15) is 21.6 Å². The van der Waals surface area contributed by atoms with Gasteiger partial charge in [0.15, 0.2) is 0 Å². The quantitative estimate of drug-likeness (QED) is 0.271. The lowest BCUT2D eigenvalue weighted by Crippen LogP contribution is -2.54. The number of sulfone groups is 1. The van der Waals surface area contributed by atoms with Crippen LogP contribution < -0.4 is 4.74 Å². The van der Waals surface area contributed by atoms with Crippen molar-refractivity contribution in [3.05, 3.63) is 93.5 Å². The normalized spacial score (nSPS) is 18.7. The Kier molecular flexibility index (Phi) is 12.7. The number of hydrogen-bond acceptors (Lipinski definition) is 8. The maximum atomic E-state index is 14.7. The van der Waals surface area contributed by atoms with Gasteiger partial charge in [-0.2, -0.15) is 0 Å². The molecule has 2 atom stereocenters. The molecule has 0 aromatic heterocycles. The number of hydrogen-bond donors (Lipinski definition) is 0. The lowest BCUT2D eigenvalue weighted by atomic mass is 9.93. The minimum absolute atomic E-state index is 0. The Morgan fingerprint density at radius 3 is 2.00 bits per heavy atom. The average Bonchev–Trinajstić information content (AvgIpc) is 3.44. The number of amidine groups is 1. The molecule has 2 heterocycles. The van der Waals surface area contributed by atoms with Crippen LogP contribution in [0.15, 0.2) is 76.6 Å². The molecule has 5 rings (SSSR count). The summed E-state index contributed by atoms with van der Waals surface area (Å²) >= 11 is 12.5. The molecule has 0 spiro atoms. The number of benzene rings is 3. The number of piperazine rings is 1. The molecule has 11 nitrogen and oxygen atoms in total. The second kappa shape index (κ2) is 16.0. The van der Waals surface area contributed by atoms with E-state index in [0.29, 0.717) is 54.2 Å². The van der Waals surface area contributed by atoms with Gasteiger partial charge in [0.25, 0.3) is 0 Å². The third-order valence-electron chi connectivity index (χ3n) is 8.39. The fourth-order valence-electron chi connectivity index (χ4n) is 5.80. The Morgan fingerprint density at radius 2 is 1.47 bits per heavy atom. The average molecular weight is 773 g/mol. The van der Waals surface area contributed by atoms with Gasteiger partial charge in [0, 0.05) is 69.2 Å². The van der Waals surface area contributed by atoms with Crippen LogP contribution in [0, 0.1) is 0 Å². The fraction of sp³-hybridized carbons (Fsp3) is 0.394. The summed E-state index contributed by atoms with van der Waals surface area (Å²) in [6.45, 7) is 4.21. The standard InChI is InChI=1S/C33H39Cl2N5O6S2.ClH/c1-5-46-29-22-27(48(44,45)37(2)3)14-15-28(29)32-36-30(23-6-10-25(34)11-7-23)31(24-8-12-26(35)13-9-24)40(32)33(41)39-18-16-38(17-19-39)20-21-47(4,42)43;/h6-15,22,30-31H,5,16-21H2,1-4H3;1H. The lowest BCUT2D eigenvalue weighted by Gasteiger charge is -2.39. The predicted molar refractivity (Wildman–Crippen MR) is 196 cm³/mol. The second-order valence-electron chi connectivity index (χ2n) is 11.9. The van der Waals surface area contributed by atoms with Crippen molar-refractivity contribution < 1.29 is 26.4 Å². The molecule has 0 bridgehead atoms. The first-order valence-electron chi connectivity index (χ1n) is 15.5. The number of ether oxygens (including phenoxy) is 1. The third kappa shape index (κ3) is 8.88. The summed E-state index contributed by atoms with van der Waals surface area (Å²) < 4.78 is 56.8. The summed E-state index contributed by atoms with van der Waals surface area (Å²) in [5.74, 6) is 0.649. The van der Waals surface area contributed by atoms with Gasteiger partial charge >= 0.3 is 6.03 Å². The zero-order chi connectivity index (χ0) is 34.8. The summed E-state index contributed by atoms with van der Waals surface area (Å²) in [6, 6.07) is 17.7. The smallest absolute Gasteiger partial charge is 0.326 e. The van der Waals surface area contributed by atoms with E-state index in [0.717, 1.165) is 15.4 Å². The van der Waals surface area contributed by atoms with E-state index in [1.54, 1.807) is 47.1 Å². The van der Waals surface area contributed by atoms with Gasteiger partial charge in [0.2, 0.25) is 10.0 Å². The van der Waals surface area contributed by atoms with Gasteiger partial charge in [-0.25, -0.2) is 25.9 Å². The highest BCUT2D eigenvalue weighted by molar-refractivity contribution is 7.90. The third-order valence-corrected chi connectivity index (χ3v) is 11.6. The Labute approximate surface area is 304 Å². The molecule has 0 N–H and O–H groups in total. The minimum Gasteiger partial charge on any atom is -0.493 e. The lowest BCUT2D eigenvalue weighted by molar-refractivity contribution is 0.122. The number of nitrogens with zero attached hydrogens (tertiary/aromatic N) is 5. The Balaban J connectivity index is 0.00000541. The largest absolute Gasteiger partial charge is 0.493 e. The number of amides is 2.